The van der Waals surface area contributed by atoms with E-state index < -0.39 is 4.92 Å². The summed E-state index contributed by atoms with van der Waals surface area (Å²) in [5, 5.41) is 14.7. The van der Waals surface area contributed by atoms with E-state index in [1.54, 1.807) is 12.4 Å². The lowest BCUT2D eigenvalue weighted by Gasteiger charge is -2.08. The van der Waals surface area contributed by atoms with Crippen molar-refractivity contribution in [1.82, 2.24) is 14.5 Å². The van der Waals surface area contributed by atoms with E-state index in [0.717, 1.165) is 21.3 Å². The van der Waals surface area contributed by atoms with Crippen molar-refractivity contribution in [2.24, 2.45) is 7.05 Å². The molecule has 9 heteroatoms. The van der Waals surface area contributed by atoms with Crippen LogP contribution in [0.4, 0.5) is 16.5 Å². The van der Waals surface area contributed by atoms with Gasteiger partial charge in [0.1, 0.15) is 16.8 Å². The summed E-state index contributed by atoms with van der Waals surface area (Å²) >= 11 is 1.48. The number of aromatic nitrogens is 3. The maximum atomic E-state index is 10.9. The van der Waals surface area contributed by atoms with Gasteiger partial charge in [0, 0.05) is 13.1 Å². The number of nitro groups is 1. The third-order valence-corrected chi connectivity index (χ3v) is 4.83. The number of fused-ring (bicyclic) bond motifs is 3. The van der Waals surface area contributed by atoms with E-state index in [1.807, 2.05) is 23.7 Å². The molecule has 25 heavy (non-hydrogen) atoms. The average Bonchev–Trinajstić information content (AvgIpc) is 3.18. The highest BCUT2D eigenvalue weighted by molar-refractivity contribution is 7.22. The monoisotopic (exact) mass is 355 g/mol. The molecule has 0 amide bonds. The van der Waals surface area contributed by atoms with Gasteiger partial charge in [-0.05, 0) is 18.2 Å². The molecule has 0 atom stereocenters. The minimum absolute atomic E-state index is 0.0260. The summed E-state index contributed by atoms with van der Waals surface area (Å²) in [6.45, 7) is 0. The van der Waals surface area contributed by atoms with E-state index in [4.69, 9.17) is 4.74 Å². The number of imidazole rings is 1. The largest absolute Gasteiger partial charge is 0.494 e. The van der Waals surface area contributed by atoms with E-state index in [-0.39, 0.29) is 5.69 Å². The first kappa shape index (κ1) is 15.3. The molecule has 0 saturated carbocycles. The lowest BCUT2D eigenvalue weighted by Crippen LogP contribution is -1.96. The van der Waals surface area contributed by atoms with Gasteiger partial charge in [0.05, 0.1) is 40.3 Å². The number of benzene rings is 2. The van der Waals surface area contributed by atoms with Gasteiger partial charge in [0.15, 0.2) is 5.13 Å². The van der Waals surface area contributed by atoms with Gasteiger partial charge in [-0.15, -0.1) is 0 Å². The van der Waals surface area contributed by atoms with Crippen molar-refractivity contribution in [3.05, 3.63) is 46.8 Å². The highest BCUT2D eigenvalue weighted by atomic mass is 32.1. The van der Waals surface area contributed by atoms with Crippen LogP contribution >= 0.6 is 11.3 Å². The Morgan fingerprint density at radius 2 is 2.12 bits per heavy atom. The maximum Gasteiger partial charge on any atom is 0.273 e. The minimum atomic E-state index is -0.457. The number of nitrogens with one attached hydrogen (secondary N) is 1. The summed E-state index contributed by atoms with van der Waals surface area (Å²) in [6.07, 6.45) is 1.76. The number of non-ortho nitro benzene ring substituents is 1. The van der Waals surface area contributed by atoms with Gasteiger partial charge in [-0.3, -0.25) is 10.1 Å². The molecule has 2 aromatic heterocycles. The zero-order valence-corrected chi connectivity index (χ0v) is 14.2. The standard InChI is InChI=1S/C16H13N5O3S/c1-20-8-17-14-11(20)5-6-13-15(14)19-16(25-13)18-10-4-3-9(21(22)23)7-12(10)24-2/h3-8H,1-2H3,(H,18,19). The van der Waals surface area contributed by atoms with Crippen molar-refractivity contribution in [2.45, 2.75) is 0 Å². The first-order chi connectivity index (χ1) is 12.1. The van der Waals surface area contributed by atoms with Crippen molar-refractivity contribution in [3.8, 4) is 5.75 Å². The van der Waals surface area contributed by atoms with Gasteiger partial charge < -0.3 is 14.6 Å². The lowest BCUT2D eigenvalue weighted by molar-refractivity contribution is -0.384. The molecule has 0 aliphatic rings. The van der Waals surface area contributed by atoms with Crippen LogP contribution in [0.3, 0.4) is 0 Å². The van der Waals surface area contributed by atoms with Crippen molar-refractivity contribution >= 4 is 49.1 Å². The van der Waals surface area contributed by atoms with Crippen LogP contribution in [0.15, 0.2) is 36.7 Å². The van der Waals surface area contributed by atoms with Crippen LogP contribution in [0.5, 0.6) is 5.75 Å². The molecular formula is C16H13N5O3S. The van der Waals surface area contributed by atoms with E-state index in [1.165, 1.54) is 30.6 Å². The average molecular weight is 355 g/mol. The zero-order valence-electron chi connectivity index (χ0n) is 13.4. The van der Waals surface area contributed by atoms with Gasteiger partial charge in [-0.1, -0.05) is 11.3 Å². The molecular weight excluding hydrogens is 342 g/mol. The molecule has 8 nitrogen and oxygen atoms in total. The summed E-state index contributed by atoms with van der Waals surface area (Å²) < 4.78 is 8.20. The Kier molecular flexibility index (Phi) is 3.50. The van der Waals surface area contributed by atoms with Crippen LogP contribution < -0.4 is 10.1 Å². The quantitative estimate of drug-likeness (QED) is 0.441. The third kappa shape index (κ3) is 2.54. The SMILES string of the molecule is COc1cc([N+](=O)[O-])ccc1Nc1nc2c(ccc3c2ncn3C)s1. The predicted molar refractivity (Wildman–Crippen MR) is 96.8 cm³/mol. The van der Waals surface area contributed by atoms with E-state index in [9.17, 15) is 10.1 Å². The maximum absolute atomic E-state index is 10.9. The highest BCUT2D eigenvalue weighted by Crippen LogP contribution is 2.36. The van der Waals surface area contributed by atoms with Gasteiger partial charge in [0.2, 0.25) is 0 Å². The molecule has 0 aliphatic heterocycles. The number of hydrogen-bond donors (Lipinski definition) is 1. The molecule has 0 fully saturated rings. The molecule has 126 valence electrons. The van der Waals surface area contributed by atoms with Crippen molar-refractivity contribution in [2.75, 3.05) is 12.4 Å². The number of methoxy groups -OCH3 is 1. The van der Waals surface area contributed by atoms with Crippen LogP contribution in [-0.2, 0) is 7.05 Å². The molecule has 4 rings (SSSR count). The van der Waals surface area contributed by atoms with E-state index >= 15 is 0 Å². The Bertz CT molecular complexity index is 1120. The second kappa shape index (κ2) is 5.71. The summed E-state index contributed by atoms with van der Waals surface area (Å²) in [7, 11) is 3.41. The first-order valence-corrected chi connectivity index (χ1v) is 8.18. The number of rotatable bonds is 4. The number of aryl methyl sites for hydroxylation is 1. The first-order valence-electron chi connectivity index (χ1n) is 7.37. The number of hydrogen-bond acceptors (Lipinski definition) is 7. The molecule has 1 N–H and O–H groups in total. The van der Waals surface area contributed by atoms with Crippen LogP contribution in [0.25, 0.3) is 21.3 Å². The van der Waals surface area contributed by atoms with Gasteiger partial charge >= 0.3 is 0 Å². The number of nitro benzene ring substituents is 1. The summed E-state index contributed by atoms with van der Waals surface area (Å²) in [6, 6.07) is 8.44. The Balaban J connectivity index is 1.76. The predicted octanol–water partition coefficient (Wildman–Crippen LogP) is 3.84. The molecule has 0 bridgehead atoms. The molecule has 0 unspecified atom stereocenters. The molecule has 2 heterocycles. The second-order valence-electron chi connectivity index (χ2n) is 5.42. The van der Waals surface area contributed by atoms with Crippen molar-refractivity contribution in [3.63, 3.8) is 0 Å². The third-order valence-electron chi connectivity index (χ3n) is 3.89. The molecule has 0 spiro atoms. The van der Waals surface area contributed by atoms with Gasteiger partial charge in [0.25, 0.3) is 5.69 Å². The Morgan fingerprint density at radius 3 is 2.88 bits per heavy atom. The van der Waals surface area contributed by atoms with E-state index in [2.05, 4.69) is 15.3 Å². The van der Waals surface area contributed by atoms with Crippen molar-refractivity contribution in [1.29, 1.82) is 0 Å². The fourth-order valence-corrected chi connectivity index (χ4v) is 3.53. The van der Waals surface area contributed by atoms with E-state index in [0.29, 0.717) is 16.6 Å². The summed E-state index contributed by atoms with van der Waals surface area (Å²) in [5.74, 6) is 0.386. The number of thiazole rings is 1. The van der Waals surface area contributed by atoms with Gasteiger partial charge in [-0.25, -0.2) is 9.97 Å². The number of nitrogens with zero attached hydrogens (tertiary/aromatic N) is 4. The van der Waals surface area contributed by atoms with Crippen LogP contribution in [-0.4, -0.2) is 26.6 Å². The molecule has 0 aliphatic carbocycles. The Morgan fingerprint density at radius 1 is 1.28 bits per heavy atom. The fraction of sp³-hybridized carbons (Fsp3) is 0.125. The van der Waals surface area contributed by atoms with Gasteiger partial charge in [-0.2, -0.15) is 0 Å². The van der Waals surface area contributed by atoms with Crippen LogP contribution in [0.2, 0.25) is 0 Å². The molecule has 0 radical (unpaired) electrons. The summed E-state index contributed by atoms with van der Waals surface area (Å²) in [5.41, 5.74) is 3.27. The molecule has 2 aromatic carbocycles. The lowest BCUT2D eigenvalue weighted by atomic mass is 10.2. The summed E-state index contributed by atoms with van der Waals surface area (Å²) in [4.78, 5) is 19.5. The van der Waals surface area contributed by atoms with Crippen molar-refractivity contribution < 1.29 is 9.66 Å². The molecule has 4 aromatic rings. The van der Waals surface area contributed by atoms with Crippen LogP contribution in [0.1, 0.15) is 0 Å². The smallest absolute Gasteiger partial charge is 0.273 e. The zero-order chi connectivity index (χ0) is 17.6. The number of ether oxygens (including phenoxy) is 1. The Hall–Kier alpha value is -3.20. The normalized spacial score (nSPS) is 11.1. The topological polar surface area (TPSA) is 95.1 Å². The fourth-order valence-electron chi connectivity index (χ4n) is 2.65. The molecule has 0 saturated heterocycles. The minimum Gasteiger partial charge on any atom is -0.494 e. The highest BCUT2D eigenvalue weighted by Gasteiger charge is 2.14. The second-order valence-corrected chi connectivity index (χ2v) is 6.45. The Labute approximate surface area is 145 Å². The number of anilines is 2. The van der Waals surface area contributed by atoms with Crippen LogP contribution in [0, 0.1) is 10.1 Å².